The van der Waals surface area contributed by atoms with E-state index in [1.54, 1.807) is 4.90 Å². The van der Waals surface area contributed by atoms with Crippen molar-refractivity contribution < 1.29 is 4.79 Å². The van der Waals surface area contributed by atoms with Gasteiger partial charge in [0.1, 0.15) is 5.69 Å². The van der Waals surface area contributed by atoms with Crippen molar-refractivity contribution in [2.75, 3.05) is 20.1 Å². The molecule has 7 heteroatoms. The van der Waals surface area contributed by atoms with Gasteiger partial charge in [-0.1, -0.05) is 28.1 Å². The van der Waals surface area contributed by atoms with Crippen molar-refractivity contribution in [1.82, 2.24) is 20.0 Å². The lowest BCUT2D eigenvalue weighted by Crippen LogP contribution is -2.32. The van der Waals surface area contributed by atoms with Gasteiger partial charge in [0.2, 0.25) is 0 Å². The molecule has 0 aliphatic carbocycles. The zero-order valence-corrected chi connectivity index (χ0v) is 16.0. The van der Waals surface area contributed by atoms with Crippen LogP contribution in [0.4, 0.5) is 0 Å². The number of hydrogen-bond acceptors (Lipinski definition) is 3. The predicted molar refractivity (Wildman–Crippen MR) is 101 cm³/mol. The van der Waals surface area contributed by atoms with Crippen LogP contribution in [-0.4, -0.2) is 40.7 Å². The largest absolute Gasteiger partial charge is 0.336 e. The molecule has 0 spiro atoms. The van der Waals surface area contributed by atoms with Crippen LogP contribution >= 0.6 is 28.3 Å². The summed E-state index contributed by atoms with van der Waals surface area (Å²) in [7, 11) is 1.81. The highest BCUT2D eigenvalue weighted by Crippen LogP contribution is 2.17. The molecule has 5 nitrogen and oxygen atoms in total. The molecule has 0 saturated carbocycles. The number of carbonyl (C=O) groups excluding carboxylic acids is 1. The molecule has 2 heterocycles. The number of piperidine rings is 1. The molecule has 1 aromatic heterocycles. The van der Waals surface area contributed by atoms with Crippen LogP contribution in [0.1, 0.15) is 34.9 Å². The number of rotatable bonds is 4. The van der Waals surface area contributed by atoms with Crippen LogP contribution < -0.4 is 5.32 Å². The van der Waals surface area contributed by atoms with Crippen LogP contribution in [0.25, 0.3) is 0 Å². The van der Waals surface area contributed by atoms with Gasteiger partial charge in [-0.05, 0) is 43.1 Å². The lowest BCUT2D eigenvalue weighted by Gasteiger charge is -2.23. The molecule has 1 amide bonds. The molecular formula is C17H22BrClN4O. The number of hydrogen-bond donors (Lipinski definition) is 1. The summed E-state index contributed by atoms with van der Waals surface area (Å²) in [5.74, 6) is -0.0459. The Morgan fingerprint density at radius 1 is 1.38 bits per heavy atom. The maximum Gasteiger partial charge on any atom is 0.274 e. The Morgan fingerprint density at radius 2 is 2.12 bits per heavy atom. The summed E-state index contributed by atoms with van der Waals surface area (Å²) in [6, 6.07) is 10.2. The van der Waals surface area contributed by atoms with Crippen molar-refractivity contribution in [3.8, 4) is 0 Å². The molecule has 1 atom stereocenters. The minimum atomic E-state index is -0.0459. The Kier molecular flexibility index (Phi) is 6.83. The second kappa shape index (κ2) is 8.65. The summed E-state index contributed by atoms with van der Waals surface area (Å²) in [5.41, 5.74) is 1.61. The second-order valence-electron chi connectivity index (χ2n) is 5.97. The van der Waals surface area contributed by atoms with Gasteiger partial charge in [0, 0.05) is 30.8 Å². The molecule has 1 aliphatic heterocycles. The van der Waals surface area contributed by atoms with Crippen molar-refractivity contribution in [2.24, 2.45) is 0 Å². The molecule has 1 saturated heterocycles. The van der Waals surface area contributed by atoms with Crippen molar-refractivity contribution >= 4 is 34.2 Å². The Labute approximate surface area is 157 Å². The third-order valence-corrected chi connectivity index (χ3v) is 4.68. The van der Waals surface area contributed by atoms with Crippen molar-refractivity contribution in [1.29, 1.82) is 0 Å². The first-order valence-corrected chi connectivity index (χ1v) is 8.68. The Hall–Kier alpha value is -1.37. The molecule has 1 N–H and O–H groups in total. The monoisotopic (exact) mass is 412 g/mol. The summed E-state index contributed by atoms with van der Waals surface area (Å²) < 4.78 is 2.96. The fraction of sp³-hybridized carbons (Fsp3) is 0.412. The van der Waals surface area contributed by atoms with Gasteiger partial charge in [-0.3, -0.25) is 9.48 Å². The van der Waals surface area contributed by atoms with Crippen molar-refractivity contribution in [3.63, 3.8) is 0 Å². The van der Waals surface area contributed by atoms with Crippen LogP contribution in [0, 0.1) is 0 Å². The molecule has 1 unspecified atom stereocenters. The van der Waals surface area contributed by atoms with E-state index in [4.69, 9.17) is 0 Å². The van der Waals surface area contributed by atoms with E-state index >= 15 is 0 Å². The van der Waals surface area contributed by atoms with Crippen molar-refractivity contribution in [3.05, 3.63) is 52.3 Å². The number of aromatic nitrogens is 2. The quantitative estimate of drug-likeness (QED) is 0.837. The van der Waals surface area contributed by atoms with E-state index in [2.05, 4.69) is 26.3 Å². The second-order valence-corrected chi connectivity index (χ2v) is 6.88. The topological polar surface area (TPSA) is 50.2 Å². The van der Waals surface area contributed by atoms with Gasteiger partial charge in [-0.2, -0.15) is 5.10 Å². The molecule has 1 fully saturated rings. The molecule has 2 aromatic rings. The fourth-order valence-electron chi connectivity index (χ4n) is 2.85. The molecular weight excluding hydrogens is 392 g/mol. The first-order chi connectivity index (χ1) is 11.1. The predicted octanol–water partition coefficient (Wildman–Crippen LogP) is 3.26. The van der Waals surface area contributed by atoms with Gasteiger partial charge in [0.15, 0.2) is 0 Å². The normalized spacial score (nSPS) is 17.2. The molecule has 1 aliphatic rings. The van der Waals surface area contributed by atoms with E-state index in [0.717, 1.165) is 36.0 Å². The van der Waals surface area contributed by atoms with E-state index in [1.165, 1.54) is 0 Å². The molecule has 3 rings (SSSR count). The van der Waals surface area contributed by atoms with Gasteiger partial charge in [-0.15, -0.1) is 12.4 Å². The van der Waals surface area contributed by atoms with Crippen LogP contribution in [-0.2, 0) is 6.54 Å². The highest BCUT2D eigenvalue weighted by molar-refractivity contribution is 9.10. The first kappa shape index (κ1) is 19.0. The lowest BCUT2D eigenvalue weighted by atomic mass is 10.1. The summed E-state index contributed by atoms with van der Waals surface area (Å²) in [6.07, 6.45) is 4.17. The maximum absolute atomic E-state index is 12.5. The van der Waals surface area contributed by atoms with E-state index < -0.39 is 0 Å². The molecule has 24 heavy (non-hydrogen) atoms. The highest BCUT2D eigenvalue weighted by Gasteiger charge is 2.19. The minimum Gasteiger partial charge on any atom is -0.336 e. The van der Waals surface area contributed by atoms with Gasteiger partial charge in [0.25, 0.3) is 5.91 Å². The highest BCUT2D eigenvalue weighted by atomic mass is 79.9. The van der Waals surface area contributed by atoms with Gasteiger partial charge >= 0.3 is 0 Å². The van der Waals surface area contributed by atoms with Crippen LogP contribution in [0.15, 0.2) is 41.0 Å². The summed E-state index contributed by atoms with van der Waals surface area (Å²) in [4.78, 5) is 14.2. The average Bonchev–Trinajstić information content (AvgIpc) is 3.07. The molecule has 0 bridgehead atoms. The van der Waals surface area contributed by atoms with Crippen molar-refractivity contribution in [2.45, 2.75) is 25.4 Å². The number of nitrogens with one attached hydrogen (secondary N) is 1. The van der Waals surface area contributed by atoms with Gasteiger partial charge < -0.3 is 10.2 Å². The number of amides is 1. The Morgan fingerprint density at radius 3 is 2.79 bits per heavy atom. The average molecular weight is 414 g/mol. The number of benzene rings is 1. The standard InChI is InChI=1S/C17H21BrN4O.ClH/c1-21(12-13-4-6-14(18)7-5-13)17(23)16-8-10-22(20-16)15-3-2-9-19-11-15;/h4-8,10,15,19H,2-3,9,11-12H2,1H3;1H. The molecule has 1 aromatic carbocycles. The smallest absolute Gasteiger partial charge is 0.274 e. The lowest BCUT2D eigenvalue weighted by molar-refractivity contribution is 0.0778. The summed E-state index contributed by atoms with van der Waals surface area (Å²) in [5, 5.41) is 7.86. The zero-order valence-electron chi connectivity index (χ0n) is 13.6. The van der Waals surface area contributed by atoms with Gasteiger partial charge in [-0.25, -0.2) is 0 Å². The number of halogens is 2. The van der Waals surface area contributed by atoms with Crippen LogP contribution in [0.5, 0.6) is 0 Å². The first-order valence-electron chi connectivity index (χ1n) is 7.89. The van der Waals surface area contributed by atoms with Crippen LogP contribution in [0.2, 0.25) is 0 Å². The third kappa shape index (κ3) is 4.59. The minimum absolute atomic E-state index is 0. The third-order valence-electron chi connectivity index (χ3n) is 4.15. The summed E-state index contributed by atoms with van der Waals surface area (Å²) in [6.45, 7) is 2.56. The Bertz CT molecular complexity index is 667. The number of carbonyl (C=O) groups is 1. The Balaban J connectivity index is 0.00000208. The fourth-order valence-corrected chi connectivity index (χ4v) is 3.11. The number of nitrogens with zero attached hydrogens (tertiary/aromatic N) is 3. The van der Waals surface area contributed by atoms with E-state index in [9.17, 15) is 4.79 Å². The van der Waals surface area contributed by atoms with E-state index in [0.29, 0.717) is 18.3 Å². The summed E-state index contributed by atoms with van der Waals surface area (Å²) >= 11 is 3.42. The SMILES string of the molecule is CN(Cc1ccc(Br)cc1)C(=O)c1ccn(C2CCCNC2)n1.Cl. The van der Waals surface area contributed by atoms with E-state index in [1.807, 2.05) is 48.3 Å². The maximum atomic E-state index is 12.5. The molecule has 130 valence electrons. The van der Waals surface area contributed by atoms with E-state index in [-0.39, 0.29) is 18.3 Å². The van der Waals surface area contributed by atoms with Crippen LogP contribution in [0.3, 0.4) is 0 Å². The zero-order chi connectivity index (χ0) is 16.2. The van der Waals surface area contributed by atoms with Gasteiger partial charge in [0.05, 0.1) is 6.04 Å². The molecule has 0 radical (unpaired) electrons.